The zero-order chi connectivity index (χ0) is 18.4. The minimum atomic E-state index is -0.214. The number of thiocarbonyl (C=S) groups is 1. The Morgan fingerprint density at radius 2 is 2.08 bits per heavy atom. The third kappa shape index (κ3) is 4.99. The Hall–Kier alpha value is -2.05. The number of rotatable bonds is 3. The molecule has 1 atom stereocenters. The number of hydrogen-bond donors (Lipinski definition) is 1. The molecule has 0 bridgehead atoms. The van der Waals surface area contributed by atoms with Gasteiger partial charge in [-0.1, -0.05) is 34.1 Å². The monoisotopic (exact) mass is 429 g/mol. The molecule has 1 aromatic carbocycles. The van der Waals surface area contributed by atoms with Crippen LogP contribution < -0.4 is 5.32 Å². The van der Waals surface area contributed by atoms with Gasteiger partial charge in [0, 0.05) is 29.5 Å². The summed E-state index contributed by atoms with van der Waals surface area (Å²) in [6.07, 6.45) is 10.2. The van der Waals surface area contributed by atoms with Gasteiger partial charge in [0.05, 0.1) is 6.04 Å². The first-order valence-electron chi connectivity index (χ1n) is 8.58. The second-order valence-corrected chi connectivity index (χ2v) is 7.47. The number of hydrogen-bond acceptors (Lipinski definition) is 3. The molecule has 1 amide bonds. The molecule has 1 N–H and O–H groups in total. The normalized spacial score (nSPS) is 17.3. The van der Waals surface area contributed by atoms with Crippen LogP contribution in [0.1, 0.15) is 36.4 Å². The fourth-order valence-electron chi connectivity index (χ4n) is 3.06. The third-order valence-corrected chi connectivity index (χ3v) is 5.23. The molecular formula is C20H20BrN3OS. The van der Waals surface area contributed by atoms with E-state index in [1.165, 1.54) is 6.08 Å². The molecule has 1 saturated heterocycles. The van der Waals surface area contributed by atoms with E-state index in [0.29, 0.717) is 5.11 Å². The molecule has 0 radical (unpaired) electrons. The average molecular weight is 430 g/mol. The van der Waals surface area contributed by atoms with Crippen LogP contribution in [0.15, 0.2) is 59.3 Å². The lowest BCUT2D eigenvalue weighted by Crippen LogP contribution is -2.46. The first-order chi connectivity index (χ1) is 12.6. The molecule has 6 heteroatoms. The maximum atomic E-state index is 12.2. The van der Waals surface area contributed by atoms with E-state index in [0.717, 1.165) is 41.4 Å². The molecule has 2 aromatic rings. The van der Waals surface area contributed by atoms with Crippen molar-refractivity contribution < 1.29 is 4.79 Å². The van der Waals surface area contributed by atoms with Crippen molar-refractivity contribution in [1.82, 2.24) is 15.2 Å². The van der Waals surface area contributed by atoms with E-state index in [9.17, 15) is 4.79 Å². The Morgan fingerprint density at radius 1 is 1.27 bits per heavy atom. The van der Waals surface area contributed by atoms with Crippen LogP contribution in [0.3, 0.4) is 0 Å². The molecular weight excluding hydrogens is 410 g/mol. The van der Waals surface area contributed by atoms with Crippen molar-refractivity contribution in [2.45, 2.75) is 25.3 Å². The van der Waals surface area contributed by atoms with Crippen LogP contribution in [0.25, 0.3) is 6.08 Å². The summed E-state index contributed by atoms with van der Waals surface area (Å²) < 4.78 is 1.01. The van der Waals surface area contributed by atoms with Gasteiger partial charge in [0.2, 0.25) is 5.91 Å². The number of likely N-dealkylation sites (tertiary alicyclic amines) is 1. The van der Waals surface area contributed by atoms with Gasteiger partial charge in [-0.05, 0) is 66.9 Å². The number of nitrogens with one attached hydrogen (secondary N) is 1. The number of carbonyl (C=O) groups excluding carboxylic acids is 1. The van der Waals surface area contributed by atoms with Gasteiger partial charge < -0.3 is 4.90 Å². The minimum Gasteiger partial charge on any atom is -0.342 e. The average Bonchev–Trinajstić information content (AvgIpc) is 2.68. The molecule has 134 valence electrons. The van der Waals surface area contributed by atoms with Crippen LogP contribution >= 0.6 is 28.1 Å². The highest BCUT2D eigenvalue weighted by molar-refractivity contribution is 9.10. The lowest BCUT2D eigenvalue weighted by Gasteiger charge is -2.37. The van der Waals surface area contributed by atoms with Crippen molar-refractivity contribution >= 4 is 45.2 Å². The summed E-state index contributed by atoms with van der Waals surface area (Å²) >= 11 is 8.91. The topological polar surface area (TPSA) is 45.2 Å². The summed E-state index contributed by atoms with van der Waals surface area (Å²) in [5.74, 6) is -0.214. The van der Waals surface area contributed by atoms with E-state index in [1.807, 2.05) is 36.5 Å². The summed E-state index contributed by atoms with van der Waals surface area (Å²) in [7, 11) is 0. The predicted molar refractivity (Wildman–Crippen MR) is 111 cm³/mol. The highest BCUT2D eigenvalue weighted by Gasteiger charge is 2.26. The smallest absolute Gasteiger partial charge is 0.250 e. The lowest BCUT2D eigenvalue weighted by molar-refractivity contribution is -0.115. The highest BCUT2D eigenvalue weighted by Crippen LogP contribution is 2.30. The fourth-order valence-corrected chi connectivity index (χ4v) is 3.64. The molecule has 0 saturated carbocycles. The Kier molecular flexibility index (Phi) is 6.52. The number of carbonyl (C=O) groups is 1. The van der Waals surface area contributed by atoms with E-state index in [2.05, 4.69) is 37.2 Å². The molecule has 0 aliphatic carbocycles. The van der Waals surface area contributed by atoms with Crippen LogP contribution in [-0.2, 0) is 4.79 Å². The number of halogens is 1. The van der Waals surface area contributed by atoms with Crippen LogP contribution in [0.5, 0.6) is 0 Å². The van der Waals surface area contributed by atoms with Crippen molar-refractivity contribution in [2.75, 3.05) is 6.54 Å². The molecule has 1 aromatic heterocycles. The van der Waals surface area contributed by atoms with Gasteiger partial charge in [0.1, 0.15) is 0 Å². The van der Waals surface area contributed by atoms with E-state index >= 15 is 0 Å². The second-order valence-electron chi connectivity index (χ2n) is 6.17. The van der Waals surface area contributed by atoms with E-state index in [1.54, 1.807) is 12.3 Å². The molecule has 2 heterocycles. The first kappa shape index (κ1) is 18.7. The number of benzene rings is 1. The van der Waals surface area contributed by atoms with Gasteiger partial charge in [-0.25, -0.2) is 0 Å². The Balaban J connectivity index is 1.63. The van der Waals surface area contributed by atoms with Crippen molar-refractivity contribution in [1.29, 1.82) is 0 Å². The van der Waals surface area contributed by atoms with Crippen LogP contribution in [-0.4, -0.2) is 27.4 Å². The Morgan fingerprint density at radius 3 is 2.81 bits per heavy atom. The van der Waals surface area contributed by atoms with Crippen LogP contribution in [0.4, 0.5) is 0 Å². The fraction of sp³-hybridized carbons (Fsp3) is 0.250. The van der Waals surface area contributed by atoms with Crippen molar-refractivity contribution in [3.8, 4) is 0 Å². The number of piperidine rings is 1. The number of amides is 1. The number of pyridine rings is 1. The summed E-state index contributed by atoms with van der Waals surface area (Å²) in [4.78, 5) is 18.6. The zero-order valence-corrected chi connectivity index (χ0v) is 16.7. The minimum absolute atomic E-state index is 0.167. The maximum absolute atomic E-state index is 12.2. The SMILES string of the molecule is O=C(C=Cc1ccc(Br)cc1)NC(=S)N1CCCC[C@H]1c1cccnc1. The largest absolute Gasteiger partial charge is 0.342 e. The quantitative estimate of drug-likeness (QED) is 0.576. The molecule has 1 aliphatic heterocycles. The lowest BCUT2D eigenvalue weighted by atomic mass is 9.97. The molecule has 1 fully saturated rings. The number of aromatic nitrogens is 1. The summed E-state index contributed by atoms with van der Waals surface area (Å²) in [6, 6.07) is 11.9. The Labute approximate surface area is 167 Å². The molecule has 4 nitrogen and oxygen atoms in total. The van der Waals surface area contributed by atoms with Gasteiger partial charge in [0.25, 0.3) is 0 Å². The zero-order valence-electron chi connectivity index (χ0n) is 14.3. The number of nitrogens with zero attached hydrogens (tertiary/aromatic N) is 2. The van der Waals surface area contributed by atoms with Gasteiger partial charge in [-0.15, -0.1) is 0 Å². The van der Waals surface area contributed by atoms with E-state index < -0.39 is 0 Å². The van der Waals surface area contributed by atoms with Crippen LogP contribution in [0, 0.1) is 0 Å². The second kappa shape index (κ2) is 9.05. The van der Waals surface area contributed by atoms with Gasteiger partial charge in [-0.2, -0.15) is 0 Å². The van der Waals surface area contributed by atoms with Crippen molar-refractivity contribution in [3.63, 3.8) is 0 Å². The van der Waals surface area contributed by atoms with E-state index in [-0.39, 0.29) is 11.9 Å². The molecule has 0 unspecified atom stereocenters. The van der Waals surface area contributed by atoms with Crippen molar-refractivity contribution in [3.05, 3.63) is 70.5 Å². The maximum Gasteiger partial charge on any atom is 0.250 e. The standard InChI is InChI=1S/C20H20BrN3OS/c21-17-9-6-15(7-10-17)8-11-19(25)23-20(26)24-13-2-1-5-18(24)16-4-3-12-22-14-16/h3-4,6-12,14,18H,1-2,5,13H2,(H,23,25,26)/t18-/m0/s1. The predicted octanol–water partition coefficient (Wildman–Crippen LogP) is 4.49. The van der Waals surface area contributed by atoms with E-state index in [4.69, 9.17) is 12.2 Å². The molecule has 3 rings (SSSR count). The molecule has 1 aliphatic rings. The third-order valence-electron chi connectivity index (χ3n) is 4.36. The molecule has 0 spiro atoms. The van der Waals surface area contributed by atoms with Crippen molar-refractivity contribution in [2.24, 2.45) is 0 Å². The van der Waals surface area contributed by atoms with Gasteiger partial charge in [0.15, 0.2) is 5.11 Å². The Bertz CT molecular complexity index is 792. The highest BCUT2D eigenvalue weighted by atomic mass is 79.9. The summed E-state index contributed by atoms with van der Waals surface area (Å²) in [5.41, 5.74) is 2.09. The summed E-state index contributed by atoms with van der Waals surface area (Å²) in [6.45, 7) is 0.842. The van der Waals surface area contributed by atoms with Crippen LogP contribution in [0.2, 0.25) is 0 Å². The first-order valence-corrected chi connectivity index (χ1v) is 9.79. The summed E-state index contributed by atoms with van der Waals surface area (Å²) in [5, 5.41) is 3.31. The molecule has 26 heavy (non-hydrogen) atoms. The van der Waals surface area contributed by atoms with Gasteiger partial charge in [-0.3, -0.25) is 15.1 Å². The van der Waals surface area contributed by atoms with Gasteiger partial charge >= 0.3 is 0 Å².